The molecule has 0 atom stereocenters. The summed E-state index contributed by atoms with van der Waals surface area (Å²) in [4.78, 5) is 11.4. The zero-order chi connectivity index (χ0) is 15.0. The van der Waals surface area contributed by atoms with Gasteiger partial charge in [0.05, 0.1) is 24.7 Å². The molecule has 0 aliphatic carbocycles. The van der Waals surface area contributed by atoms with E-state index in [0.29, 0.717) is 31.9 Å². The van der Waals surface area contributed by atoms with E-state index in [-0.39, 0.29) is 10.8 Å². The second-order valence-corrected chi connectivity index (χ2v) is 5.28. The molecule has 0 aliphatic heterocycles. The van der Waals surface area contributed by atoms with Crippen molar-refractivity contribution in [2.24, 2.45) is 0 Å². The Balaban J connectivity index is 2.40. The lowest BCUT2D eigenvalue weighted by molar-refractivity contribution is 0.0692. The van der Waals surface area contributed by atoms with Gasteiger partial charge in [-0.05, 0) is 24.3 Å². The molecule has 1 aromatic rings. The number of methoxy groups -OCH3 is 1. The minimum atomic E-state index is -4.24. The maximum absolute atomic E-state index is 11.7. The number of benzene rings is 1. The van der Waals surface area contributed by atoms with Gasteiger partial charge in [-0.1, -0.05) is 0 Å². The number of carbonyl (C=O) groups is 1. The van der Waals surface area contributed by atoms with Gasteiger partial charge in [-0.25, -0.2) is 0 Å². The van der Waals surface area contributed by atoms with Crippen molar-refractivity contribution in [3.8, 4) is 0 Å². The van der Waals surface area contributed by atoms with Crippen LogP contribution in [0, 0.1) is 0 Å². The average molecular weight is 303 g/mol. The maximum Gasteiger partial charge on any atom is 0.294 e. The first-order valence-electron chi connectivity index (χ1n) is 5.87. The van der Waals surface area contributed by atoms with Gasteiger partial charge in [0.1, 0.15) is 0 Å². The minimum Gasteiger partial charge on any atom is -0.382 e. The Morgan fingerprint density at radius 1 is 1.20 bits per heavy atom. The van der Waals surface area contributed by atoms with Crippen LogP contribution in [0.2, 0.25) is 0 Å². The fraction of sp³-hybridized carbons (Fsp3) is 0.417. The lowest BCUT2D eigenvalue weighted by Crippen LogP contribution is -2.27. The van der Waals surface area contributed by atoms with E-state index >= 15 is 0 Å². The molecule has 0 unspecified atom stereocenters. The molecular formula is C12H17NO6S. The number of amides is 1. The largest absolute Gasteiger partial charge is 0.382 e. The predicted octanol–water partition coefficient (Wildman–Crippen LogP) is 0.326. The summed E-state index contributed by atoms with van der Waals surface area (Å²) in [5.41, 5.74) is 0.300. The summed E-state index contributed by atoms with van der Waals surface area (Å²) in [5.74, 6) is -0.345. The van der Waals surface area contributed by atoms with Gasteiger partial charge in [-0.15, -0.1) is 0 Å². The number of nitrogens with one attached hydrogen (secondary N) is 1. The third-order valence-electron chi connectivity index (χ3n) is 2.38. The molecule has 0 spiro atoms. The Morgan fingerprint density at radius 3 is 2.40 bits per heavy atom. The van der Waals surface area contributed by atoms with Crippen molar-refractivity contribution in [1.29, 1.82) is 0 Å². The SMILES string of the molecule is COCCOCCNC(=O)c1ccc(S(=O)(=O)O)cc1. The first-order valence-corrected chi connectivity index (χ1v) is 7.31. The molecular weight excluding hydrogens is 286 g/mol. The van der Waals surface area contributed by atoms with Crippen molar-refractivity contribution < 1.29 is 27.2 Å². The van der Waals surface area contributed by atoms with Crippen LogP contribution >= 0.6 is 0 Å². The van der Waals surface area contributed by atoms with Crippen molar-refractivity contribution >= 4 is 16.0 Å². The molecule has 0 saturated carbocycles. The van der Waals surface area contributed by atoms with E-state index in [1.807, 2.05) is 0 Å². The first kappa shape index (κ1) is 16.6. The van der Waals surface area contributed by atoms with Gasteiger partial charge >= 0.3 is 0 Å². The Hall–Kier alpha value is -1.48. The molecule has 1 aromatic carbocycles. The molecule has 0 fully saturated rings. The van der Waals surface area contributed by atoms with Crippen LogP contribution in [-0.2, 0) is 19.6 Å². The van der Waals surface area contributed by atoms with Crippen LogP contribution in [0.5, 0.6) is 0 Å². The number of hydrogen-bond acceptors (Lipinski definition) is 5. The number of hydrogen-bond donors (Lipinski definition) is 2. The van der Waals surface area contributed by atoms with Gasteiger partial charge in [-0.2, -0.15) is 8.42 Å². The molecule has 1 rings (SSSR count). The van der Waals surface area contributed by atoms with E-state index in [4.69, 9.17) is 14.0 Å². The molecule has 0 heterocycles. The molecule has 0 saturated heterocycles. The predicted molar refractivity (Wildman–Crippen MR) is 71.3 cm³/mol. The summed E-state index contributed by atoms with van der Waals surface area (Å²) in [6.07, 6.45) is 0. The van der Waals surface area contributed by atoms with E-state index in [1.165, 1.54) is 24.3 Å². The standard InChI is InChI=1S/C12H17NO6S/c1-18-8-9-19-7-6-13-12(14)10-2-4-11(5-3-10)20(15,16)17/h2-5H,6-9H2,1H3,(H,13,14)(H,15,16,17). The van der Waals surface area contributed by atoms with Crippen LogP contribution in [0.25, 0.3) is 0 Å². The highest BCUT2D eigenvalue weighted by Crippen LogP contribution is 2.09. The van der Waals surface area contributed by atoms with Crippen molar-refractivity contribution in [2.45, 2.75) is 4.90 Å². The number of rotatable bonds is 8. The van der Waals surface area contributed by atoms with Gasteiger partial charge < -0.3 is 14.8 Å². The van der Waals surface area contributed by atoms with Crippen LogP contribution in [-0.4, -0.2) is 52.4 Å². The highest BCUT2D eigenvalue weighted by Gasteiger charge is 2.10. The Labute approximate surface area is 117 Å². The molecule has 0 aliphatic rings. The summed E-state index contributed by atoms with van der Waals surface area (Å²) in [6.45, 7) is 1.64. The third-order valence-corrected chi connectivity index (χ3v) is 3.25. The zero-order valence-electron chi connectivity index (χ0n) is 11.0. The van der Waals surface area contributed by atoms with Gasteiger partial charge in [0.2, 0.25) is 0 Å². The summed E-state index contributed by atoms with van der Waals surface area (Å²) >= 11 is 0. The van der Waals surface area contributed by atoms with E-state index < -0.39 is 10.1 Å². The van der Waals surface area contributed by atoms with Crippen LogP contribution in [0.4, 0.5) is 0 Å². The molecule has 0 radical (unpaired) electrons. The summed E-state index contributed by atoms with van der Waals surface area (Å²) in [5, 5.41) is 2.62. The fourth-order valence-electron chi connectivity index (χ4n) is 1.36. The maximum atomic E-state index is 11.7. The molecule has 0 bridgehead atoms. The van der Waals surface area contributed by atoms with E-state index in [1.54, 1.807) is 7.11 Å². The Morgan fingerprint density at radius 2 is 1.85 bits per heavy atom. The second-order valence-electron chi connectivity index (χ2n) is 3.86. The van der Waals surface area contributed by atoms with E-state index in [2.05, 4.69) is 5.32 Å². The molecule has 8 heteroatoms. The Kier molecular flexibility index (Phi) is 6.59. The molecule has 7 nitrogen and oxygen atoms in total. The third kappa shape index (κ3) is 5.66. The van der Waals surface area contributed by atoms with Crippen molar-refractivity contribution in [1.82, 2.24) is 5.32 Å². The second kappa shape index (κ2) is 7.95. The quantitative estimate of drug-likeness (QED) is 0.530. The van der Waals surface area contributed by atoms with Gasteiger partial charge in [-0.3, -0.25) is 9.35 Å². The lowest BCUT2D eigenvalue weighted by Gasteiger charge is -2.06. The first-order chi connectivity index (χ1) is 9.45. The molecule has 1 amide bonds. The molecule has 112 valence electrons. The highest BCUT2D eigenvalue weighted by atomic mass is 32.2. The van der Waals surface area contributed by atoms with E-state index in [9.17, 15) is 13.2 Å². The van der Waals surface area contributed by atoms with Crippen molar-refractivity contribution in [3.63, 3.8) is 0 Å². The summed E-state index contributed by atoms with van der Waals surface area (Å²) in [7, 11) is -2.67. The Bertz CT molecular complexity index is 525. The monoisotopic (exact) mass is 303 g/mol. The molecule has 2 N–H and O–H groups in total. The van der Waals surface area contributed by atoms with Crippen molar-refractivity contribution in [2.75, 3.05) is 33.5 Å². The van der Waals surface area contributed by atoms with Gasteiger partial charge in [0.25, 0.3) is 16.0 Å². The van der Waals surface area contributed by atoms with E-state index in [0.717, 1.165) is 0 Å². The van der Waals surface area contributed by atoms with Gasteiger partial charge in [0, 0.05) is 19.2 Å². The van der Waals surface area contributed by atoms with Crippen LogP contribution in [0.1, 0.15) is 10.4 Å². The zero-order valence-corrected chi connectivity index (χ0v) is 11.9. The molecule has 20 heavy (non-hydrogen) atoms. The van der Waals surface area contributed by atoms with Crippen LogP contribution < -0.4 is 5.32 Å². The smallest absolute Gasteiger partial charge is 0.294 e. The van der Waals surface area contributed by atoms with Crippen LogP contribution in [0.15, 0.2) is 29.2 Å². The minimum absolute atomic E-state index is 0.253. The normalized spacial score (nSPS) is 11.3. The molecule has 0 aromatic heterocycles. The average Bonchev–Trinajstić information content (AvgIpc) is 2.41. The number of carbonyl (C=O) groups excluding carboxylic acids is 1. The summed E-state index contributed by atoms with van der Waals surface area (Å²) in [6, 6.07) is 4.98. The fourth-order valence-corrected chi connectivity index (χ4v) is 1.84. The number of ether oxygens (including phenoxy) is 2. The lowest BCUT2D eigenvalue weighted by atomic mass is 10.2. The van der Waals surface area contributed by atoms with Gasteiger partial charge in [0.15, 0.2) is 0 Å². The topological polar surface area (TPSA) is 102 Å². The van der Waals surface area contributed by atoms with Crippen LogP contribution in [0.3, 0.4) is 0 Å². The van der Waals surface area contributed by atoms with Crippen molar-refractivity contribution in [3.05, 3.63) is 29.8 Å². The highest BCUT2D eigenvalue weighted by molar-refractivity contribution is 7.85. The summed E-state index contributed by atoms with van der Waals surface area (Å²) < 4.78 is 40.5.